The number of fused-ring (bicyclic) bond motifs is 1. The van der Waals surface area contributed by atoms with Crippen LogP contribution in [0, 0.1) is 6.92 Å². The van der Waals surface area contributed by atoms with Gasteiger partial charge in [0, 0.05) is 25.0 Å². The molecule has 7 heteroatoms. The Morgan fingerprint density at radius 1 is 0.971 bits per heavy atom. The van der Waals surface area contributed by atoms with Gasteiger partial charge in [0.25, 0.3) is 11.8 Å². The van der Waals surface area contributed by atoms with Crippen LogP contribution in [0.5, 0.6) is 0 Å². The molecule has 0 bridgehead atoms. The highest BCUT2D eigenvalue weighted by molar-refractivity contribution is 6.21. The highest BCUT2D eigenvalue weighted by Gasteiger charge is 2.35. The van der Waals surface area contributed by atoms with Crippen molar-refractivity contribution in [2.75, 3.05) is 6.54 Å². The Balaban J connectivity index is 1.68. The van der Waals surface area contributed by atoms with Gasteiger partial charge in [0.2, 0.25) is 11.8 Å². The highest BCUT2D eigenvalue weighted by Crippen LogP contribution is 2.23. The first-order valence-electron chi connectivity index (χ1n) is 11.6. The first-order valence-corrected chi connectivity index (χ1v) is 11.6. The third-order valence-electron chi connectivity index (χ3n) is 5.79. The van der Waals surface area contributed by atoms with E-state index in [9.17, 15) is 19.2 Å². The molecular formula is C27H33N3O4. The van der Waals surface area contributed by atoms with Gasteiger partial charge in [-0.2, -0.15) is 0 Å². The second-order valence-corrected chi connectivity index (χ2v) is 9.83. The normalized spacial score (nSPS) is 14.1. The minimum atomic E-state index is -0.674. The van der Waals surface area contributed by atoms with Crippen molar-refractivity contribution in [3.63, 3.8) is 0 Å². The first kappa shape index (κ1) is 25.1. The molecule has 0 unspecified atom stereocenters. The lowest BCUT2D eigenvalue weighted by Crippen LogP contribution is -2.52. The van der Waals surface area contributed by atoms with E-state index in [2.05, 4.69) is 5.32 Å². The van der Waals surface area contributed by atoms with Gasteiger partial charge in [0.1, 0.15) is 6.04 Å². The van der Waals surface area contributed by atoms with E-state index < -0.39 is 11.6 Å². The number of aryl methyl sites for hydroxylation is 1. The summed E-state index contributed by atoms with van der Waals surface area (Å²) in [6.07, 6.45) is 0.439. The average molecular weight is 464 g/mol. The number of hydrogen-bond donors (Lipinski definition) is 1. The van der Waals surface area contributed by atoms with Crippen LogP contribution in [0.2, 0.25) is 0 Å². The number of carbonyl (C=O) groups excluding carboxylic acids is 4. The number of hydrogen-bond acceptors (Lipinski definition) is 4. The van der Waals surface area contributed by atoms with Crippen molar-refractivity contribution >= 4 is 23.6 Å². The Kier molecular flexibility index (Phi) is 7.54. The van der Waals surface area contributed by atoms with E-state index in [-0.39, 0.29) is 36.6 Å². The molecule has 0 aromatic heterocycles. The SMILES string of the molecule is Cc1ccc(CN(C(=O)CCCN2C(=O)c3ccccc3C2=O)[C@@H](C)C(=O)NC(C)(C)C)cc1. The summed E-state index contributed by atoms with van der Waals surface area (Å²) in [5.41, 5.74) is 2.41. The average Bonchev–Trinajstić information content (AvgIpc) is 3.02. The number of amides is 4. The molecule has 1 aliphatic heterocycles. The smallest absolute Gasteiger partial charge is 0.261 e. The van der Waals surface area contributed by atoms with E-state index in [0.717, 1.165) is 11.1 Å². The van der Waals surface area contributed by atoms with E-state index in [1.54, 1.807) is 36.1 Å². The van der Waals surface area contributed by atoms with Crippen LogP contribution in [-0.2, 0) is 16.1 Å². The molecule has 0 aliphatic carbocycles. The Bertz CT molecular complexity index is 1050. The molecule has 7 nitrogen and oxygen atoms in total. The summed E-state index contributed by atoms with van der Waals surface area (Å²) in [7, 11) is 0. The van der Waals surface area contributed by atoms with Crippen molar-refractivity contribution in [3.05, 3.63) is 70.8 Å². The standard InChI is InChI=1S/C27H33N3O4/c1-18-12-14-20(15-13-18)17-30(19(2)24(32)28-27(3,4)5)23(31)11-8-16-29-25(33)21-9-6-7-10-22(21)26(29)34/h6-7,9-10,12-15,19H,8,11,16-17H2,1-5H3,(H,28,32)/t19-/m0/s1. The summed E-state index contributed by atoms with van der Waals surface area (Å²) >= 11 is 0. The Morgan fingerprint density at radius 3 is 2.06 bits per heavy atom. The lowest BCUT2D eigenvalue weighted by atomic mass is 10.1. The Morgan fingerprint density at radius 2 is 1.53 bits per heavy atom. The number of nitrogens with zero attached hydrogens (tertiary/aromatic N) is 2. The monoisotopic (exact) mass is 463 g/mol. The fraction of sp³-hybridized carbons (Fsp3) is 0.407. The van der Waals surface area contributed by atoms with Gasteiger partial charge in [-0.25, -0.2) is 0 Å². The molecule has 180 valence electrons. The van der Waals surface area contributed by atoms with Gasteiger partial charge < -0.3 is 10.2 Å². The Hall–Kier alpha value is -3.48. The molecule has 4 amide bonds. The first-order chi connectivity index (χ1) is 16.0. The van der Waals surface area contributed by atoms with Crippen molar-refractivity contribution in [2.24, 2.45) is 0 Å². The molecule has 34 heavy (non-hydrogen) atoms. The molecule has 0 radical (unpaired) electrons. The third-order valence-corrected chi connectivity index (χ3v) is 5.79. The maximum atomic E-state index is 13.2. The summed E-state index contributed by atoms with van der Waals surface area (Å²) < 4.78 is 0. The second-order valence-electron chi connectivity index (χ2n) is 9.83. The highest BCUT2D eigenvalue weighted by atomic mass is 16.2. The lowest BCUT2D eigenvalue weighted by molar-refractivity contribution is -0.141. The maximum absolute atomic E-state index is 13.2. The van der Waals surface area contributed by atoms with Crippen LogP contribution in [-0.4, -0.2) is 51.6 Å². The van der Waals surface area contributed by atoms with Crippen LogP contribution in [0.15, 0.2) is 48.5 Å². The molecule has 3 rings (SSSR count). The van der Waals surface area contributed by atoms with Crippen LogP contribution in [0.3, 0.4) is 0 Å². The fourth-order valence-corrected chi connectivity index (χ4v) is 3.92. The van der Waals surface area contributed by atoms with Crippen LogP contribution < -0.4 is 5.32 Å². The summed E-state index contributed by atoms with van der Waals surface area (Å²) in [6.45, 7) is 9.84. The van der Waals surface area contributed by atoms with E-state index in [0.29, 0.717) is 24.1 Å². The number of benzene rings is 2. The molecule has 0 fully saturated rings. The van der Waals surface area contributed by atoms with Crippen LogP contribution in [0.4, 0.5) is 0 Å². The lowest BCUT2D eigenvalue weighted by Gasteiger charge is -2.31. The van der Waals surface area contributed by atoms with E-state index in [1.165, 1.54) is 4.90 Å². The predicted molar refractivity (Wildman–Crippen MR) is 130 cm³/mol. The maximum Gasteiger partial charge on any atom is 0.261 e. The molecule has 1 atom stereocenters. The third kappa shape index (κ3) is 5.90. The number of nitrogens with one attached hydrogen (secondary N) is 1. The fourth-order valence-electron chi connectivity index (χ4n) is 3.92. The zero-order chi connectivity index (χ0) is 25.0. The summed E-state index contributed by atoms with van der Waals surface area (Å²) in [4.78, 5) is 54.0. The van der Waals surface area contributed by atoms with Crippen molar-refractivity contribution in [1.29, 1.82) is 0 Å². The number of rotatable bonds is 8. The van der Waals surface area contributed by atoms with E-state index in [1.807, 2.05) is 52.0 Å². The minimum Gasteiger partial charge on any atom is -0.350 e. The van der Waals surface area contributed by atoms with Gasteiger partial charge in [0.05, 0.1) is 11.1 Å². The van der Waals surface area contributed by atoms with Crippen molar-refractivity contribution < 1.29 is 19.2 Å². The topological polar surface area (TPSA) is 86.8 Å². The second kappa shape index (κ2) is 10.2. The molecule has 1 heterocycles. The zero-order valence-corrected chi connectivity index (χ0v) is 20.6. The number of imide groups is 1. The number of carbonyl (C=O) groups is 4. The van der Waals surface area contributed by atoms with Gasteiger partial charge >= 0.3 is 0 Å². The predicted octanol–water partition coefficient (Wildman–Crippen LogP) is 3.70. The van der Waals surface area contributed by atoms with Gasteiger partial charge in [-0.3, -0.25) is 24.1 Å². The molecule has 0 saturated carbocycles. The van der Waals surface area contributed by atoms with Gasteiger partial charge in [0.15, 0.2) is 0 Å². The van der Waals surface area contributed by atoms with Gasteiger partial charge in [-0.15, -0.1) is 0 Å². The van der Waals surface area contributed by atoms with Crippen molar-refractivity contribution in [1.82, 2.24) is 15.1 Å². The largest absolute Gasteiger partial charge is 0.350 e. The summed E-state index contributed by atoms with van der Waals surface area (Å²) in [5.74, 6) is -1.09. The van der Waals surface area contributed by atoms with Crippen LogP contribution >= 0.6 is 0 Å². The van der Waals surface area contributed by atoms with E-state index in [4.69, 9.17) is 0 Å². The molecule has 2 aromatic carbocycles. The molecule has 1 N–H and O–H groups in total. The minimum absolute atomic E-state index is 0.117. The van der Waals surface area contributed by atoms with E-state index >= 15 is 0 Å². The van der Waals surface area contributed by atoms with Crippen LogP contribution in [0.1, 0.15) is 72.4 Å². The zero-order valence-electron chi connectivity index (χ0n) is 20.6. The molecule has 0 saturated heterocycles. The van der Waals surface area contributed by atoms with Gasteiger partial charge in [-0.1, -0.05) is 42.0 Å². The molecule has 1 aliphatic rings. The van der Waals surface area contributed by atoms with Crippen molar-refractivity contribution in [2.45, 2.75) is 65.6 Å². The van der Waals surface area contributed by atoms with Gasteiger partial charge in [-0.05, 0) is 58.7 Å². The summed E-state index contributed by atoms with van der Waals surface area (Å²) in [6, 6.07) is 13.9. The molecule has 0 spiro atoms. The quantitative estimate of drug-likeness (QED) is 0.605. The molecular weight excluding hydrogens is 430 g/mol. The summed E-state index contributed by atoms with van der Waals surface area (Å²) in [5, 5.41) is 2.94. The van der Waals surface area contributed by atoms with Crippen molar-refractivity contribution in [3.8, 4) is 0 Å². The van der Waals surface area contributed by atoms with Crippen LogP contribution in [0.25, 0.3) is 0 Å². The Labute approximate surface area is 201 Å². The molecule has 2 aromatic rings.